The van der Waals surface area contributed by atoms with Gasteiger partial charge in [-0.2, -0.15) is 0 Å². The molecule has 2 atom stereocenters. The minimum absolute atomic E-state index is 0.0136. The van der Waals surface area contributed by atoms with Crippen LogP contribution in [0, 0.1) is 0 Å². The highest BCUT2D eigenvalue weighted by Crippen LogP contribution is 2.34. The predicted octanol–water partition coefficient (Wildman–Crippen LogP) is 6.45. The maximum Gasteiger partial charge on any atom is 0.123 e. The fourth-order valence-corrected chi connectivity index (χ4v) is 4.46. The third-order valence-electron chi connectivity index (χ3n) is 6.37. The van der Waals surface area contributed by atoms with Crippen LogP contribution in [0.5, 0.6) is 5.75 Å². The van der Waals surface area contributed by atoms with Gasteiger partial charge < -0.3 is 15.7 Å². The molecule has 0 fully saturated rings. The zero-order valence-corrected chi connectivity index (χ0v) is 20.8. The van der Waals surface area contributed by atoms with Crippen LogP contribution in [0.15, 0.2) is 103 Å². The number of pyridine rings is 1. The molecule has 35 heavy (non-hydrogen) atoms. The summed E-state index contributed by atoms with van der Waals surface area (Å²) in [5, 5.41) is 18.6. The third-order valence-corrected chi connectivity index (χ3v) is 6.37. The molecule has 1 aromatic heterocycles. The lowest BCUT2D eigenvalue weighted by Gasteiger charge is -2.31. The Kier molecular flexibility index (Phi) is 7.96. The molecule has 1 heterocycles. The fourth-order valence-electron chi connectivity index (χ4n) is 4.46. The van der Waals surface area contributed by atoms with Gasteiger partial charge in [0.2, 0.25) is 0 Å². The number of nitrogens with zero attached hydrogens (tertiary/aromatic N) is 1. The smallest absolute Gasteiger partial charge is 0.123 e. The van der Waals surface area contributed by atoms with Crippen LogP contribution in [-0.2, 0) is 18.5 Å². The Hall–Kier alpha value is -3.47. The van der Waals surface area contributed by atoms with Gasteiger partial charge in [0.25, 0.3) is 0 Å². The Balaban J connectivity index is 1.66. The number of hydrogen-bond donors (Lipinski definition) is 3. The van der Waals surface area contributed by atoms with Crippen LogP contribution in [0.2, 0.25) is 0 Å². The van der Waals surface area contributed by atoms with Gasteiger partial charge in [-0.1, -0.05) is 99.6 Å². The lowest BCUT2D eigenvalue weighted by atomic mass is 9.85. The van der Waals surface area contributed by atoms with E-state index in [4.69, 9.17) is 0 Å². The average Bonchev–Trinajstić information content (AvgIpc) is 2.88. The molecule has 0 aliphatic heterocycles. The number of para-hydroxylation sites is 1. The van der Waals surface area contributed by atoms with E-state index in [1.54, 1.807) is 0 Å². The van der Waals surface area contributed by atoms with Crippen LogP contribution in [0.4, 0.5) is 0 Å². The second-order valence-corrected chi connectivity index (χ2v) is 9.96. The Bertz CT molecular complexity index is 1190. The van der Waals surface area contributed by atoms with Crippen molar-refractivity contribution < 1.29 is 5.11 Å². The maximum absolute atomic E-state index is 11.1. The number of benzene rings is 3. The molecule has 0 bridgehead atoms. The minimum Gasteiger partial charge on any atom is -0.507 e. The molecule has 0 saturated heterocycles. The van der Waals surface area contributed by atoms with E-state index in [9.17, 15) is 5.11 Å². The van der Waals surface area contributed by atoms with Crippen molar-refractivity contribution in [1.82, 2.24) is 15.6 Å². The molecule has 4 aromatic rings. The number of hydrogen-bond acceptors (Lipinski definition) is 4. The molecule has 4 nitrogen and oxygen atoms in total. The predicted molar refractivity (Wildman–Crippen MR) is 143 cm³/mol. The van der Waals surface area contributed by atoms with Crippen molar-refractivity contribution in [2.75, 3.05) is 0 Å². The molecule has 4 heteroatoms. The van der Waals surface area contributed by atoms with Gasteiger partial charge in [-0.25, -0.2) is 0 Å². The normalized spacial score (nSPS) is 13.3. The number of rotatable bonds is 9. The number of aromatic nitrogens is 1. The van der Waals surface area contributed by atoms with Crippen molar-refractivity contribution >= 4 is 0 Å². The zero-order chi connectivity index (χ0) is 24.7. The molecule has 0 spiro atoms. The van der Waals surface area contributed by atoms with Gasteiger partial charge in [0.15, 0.2) is 0 Å². The Morgan fingerprint density at radius 2 is 1.23 bits per heavy atom. The average molecular weight is 466 g/mol. The third kappa shape index (κ3) is 6.36. The number of aromatic hydroxyl groups is 1. The van der Waals surface area contributed by atoms with Gasteiger partial charge >= 0.3 is 0 Å². The summed E-state index contributed by atoms with van der Waals surface area (Å²) in [5.41, 5.74) is 5.31. The quantitative estimate of drug-likeness (QED) is 0.266. The summed E-state index contributed by atoms with van der Waals surface area (Å²) in [6, 6.07) is 31.2. The molecule has 0 unspecified atom stereocenters. The van der Waals surface area contributed by atoms with E-state index in [-0.39, 0.29) is 17.5 Å². The monoisotopic (exact) mass is 465 g/mol. The Morgan fingerprint density at radius 1 is 0.686 bits per heavy atom. The summed E-state index contributed by atoms with van der Waals surface area (Å²) in [5.74, 6) is 0.375. The van der Waals surface area contributed by atoms with Crippen LogP contribution in [-0.4, -0.2) is 10.1 Å². The summed E-state index contributed by atoms with van der Waals surface area (Å²) >= 11 is 0. The van der Waals surface area contributed by atoms with Gasteiger partial charge in [-0.05, 0) is 39.8 Å². The van der Waals surface area contributed by atoms with Crippen molar-refractivity contribution in [3.63, 3.8) is 0 Å². The van der Waals surface area contributed by atoms with Gasteiger partial charge in [0.1, 0.15) is 5.75 Å². The van der Waals surface area contributed by atoms with E-state index in [0.717, 1.165) is 17.7 Å². The van der Waals surface area contributed by atoms with Crippen molar-refractivity contribution in [2.24, 2.45) is 0 Å². The van der Waals surface area contributed by atoms with Crippen molar-refractivity contribution in [3.05, 3.63) is 131 Å². The SMILES string of the molecule is CC(C)(C)c1cccc(CN[C@H](c2ccccc2)[C@H](NCc2ccncc2)c2ccccc2)c1O. The van der Waals surface area contributed by atoms with Gasteiger partial charge in [-0.15, -0.1) is 0 Å². The van der Waals surface area contributed by atoms with Crippen molar-refractivity contribution in [3.8, 4) is 5.75 Å². The summed E-state index contributed by atoms with van der Waals surface area (Å²) in [4.78, 5) is 4.15. The number of nitrogens with one attached hydrogen (secondary N) is 2. The van der Waals surface area contributed by atoms with E-state index in [1.165, 1.54) is 16.7 Å². The van der Waals surface area contributed by atoms with E-state index < -0.39 is 0 Å². The first kappa shape index (κ1) is 24.6. The highest BCUT2D eigenvalue weighted by molar-refractivity contribution is 5.44. The number of phenols is 1. The fraction of sp³-hybridized carbons (Fsp3) is 0.258. The summed E-state index contributed by atoms with van der Waals surface area (Å²) in [6.45, 7) is 7.65. The summed E-state index contributed by atoms with van der Waals surface area (Å²) < 4.78 is 0. The Labute approximate surface area is 209 Å². The first-order valence-corrected chi connectivity index (χ1v) is 12.2. The van der Waals surface area contributed by atoms with Crippen LogP contribution in [0.3, 0.4) is 0 Å². The lowest BCUT2D eigenvalue weighted by Crippen LogP contribution is -2.35. The molecule has 180 valence electrons. The maximum atomic E-state index is 11.1. The van der Waals surface area contributed by atoms with Crippen LogP contribution >= 0.6 is 0 Å². The topological polar surface area (TPSA) is 57.2 Å². The second kappa shape index (κ2) is 11.3. The molecule has 0 amide bonds. The molecular weight excluding hydrogens is 430 g/mol. The first-order chi connectivity index (χ1) is 16.9. The zero-order valence-electron chi connectivity index (χ0n) is 20.8. The van der Waals surface area contributed by atoms with E-state index in [1.807, 2.05) is 54.9 Å². The van der Waals surface area contributed by atoms with E-state index in [2.05, 4.69) is 84.9 Å². The highest BCUT2D eigenvalue weighted by atomic mass is 16.3. The molecule has 0 aliphatic rings. The highest BCUT2D eigenvalue weighted by Gasteiger charge is 2.25. The standard InChI is InChI=1S/C31H35N3O/c1-31(2,3)27-16-10-15-26(30(27)35)22-34-29(25-13-8-5-9-14-25)28(24-11-6-4-7-12-24)33-21-23-17-19-32-20-18-23/h4-20,28-29,33-35H,21-22H2,1-3H3/t28-,29-/m1/s1. The molecule has 0 aliphatic carbocycles. The van der Waals surface area contributed by atoms with E-state index >= 15 is 0 Å². The summed E-state index contributed by atoms with van der Waals surface area (Å²) in [6.07, 6.45) is 3.65. The van der Waals surface area contributed by atoms with Crippen LogP contribution in [0.25, 0.3) is 0 Å². The van der Waals surface area contributed by atoms with Crippen molar-refractivity contribution in [2.45, 2.75) is 51.4 Å². The largest absolute Gasteiger partial charge is 0.507 e. The van der Waals surface area contributed by atoms with Gasteiger partial charge in [0.05, 0.1) is 12.1 Å². The summed E-state index contributed by atoms with van der Waals surface area (Å²) in [7, 11) is 0. The molecule has 3 N–H and O–H groups in total. The second-order valence-electron chi connectivity index (χ2n) is 9.96. The molecule has 4 rings (SSSR count). The molecule has 0 radical (unpaired) electrons. The van der Waals surface area contributed by atoms with Gasteiger partial charge in [0, 0.05) is 31.0 Å². The molecule has 0 saturated carbocycles. The molecule has 3 aromatic carbocycles. The van der Waals surface area contributed by atoms with E-state index in [0.29, 0.717) is 12.3 Å². The number of phenolic OH excluding ortho intramolecular Hbond substituents is 1. The van der Waals surface area contributed by atoms with Crippen LogP contribution < -0.4 is 10.6 Å². The first-order valence-electron chi connectivity index (χ1n) is 12.2. The van der Waals surface area contributed by atoms with Crippen molar-refractivity contribution in [1.29, 1.82) is 0 Å². The Morgan fingerprint density at radius 3 is 1.77 bits per heavy atom. The lowest BCUT2D eigenvalue weighted by molar-refractivity contribution is 0.375. The van der Waals surface area contributed by atoms with Gasteiger partial charge in [-0.3, -0.25) is 4.98 Å². The minimum atomic E-state index is -0.127. The van der Waals surface area contributed by atoms with Crippen LogP contribution in [0.1, 0.15) is 60.7 Å². The molecular formula is C31H35N3O.